The second-order valence-corrected chi connectivity index (χ2v) is 3.67. The molecule has 14 heavy (non-hydrogen) atoms. The largest absolute Gasteiger partial charge is 0.302 e. The normalized spacial score (nSPS) is 12.9. The van der Waals surface area contributed by atoms with E-state index in [-0.39, 0.29) is 6.04 Å². The lowest BCUT2D eigenvalue weighted by molar-refractivity contribution is 0.543. The molecule has 0 aromatic carbocycles. The maximum absolute atomic E-state index is 4.18. The molecule has 0 amide bonds. The van der Waals surface area contributed by atoms with Crippen molar-refractivity contribution in [3.05, 3.63) is 28.7 Å². The van der Waals surface area contributed by atoms with Crippen LogP contribution in [0.5, 0.6) is 0 Å². The molecule has 0 radical (unpaired) electrons. The highest BCUT2D eigenvalue weighted by Gasteiger charge is 2.07. The monoisotopic (exact) mass is 209 g/mol. The molecule has 5 nitrogen and oxygen atoms in total. The fourth-order valence-electron chi connectivity index (χ4n) is 1.10. The first kappa shape index (κ1) is 9.29. The van der Waals surface area contributed by atoms with Crippen LogP contribution in [0.2, 0.25) is 0 Å². The zero-order valence-corrected chi connectivity index (χ0v) is 8.58. The second-order valence-electron chi connectivity index (χ2n) is 2.95. The van der Waals surface area contributed by atoms with Gasteiger partial charge >= 0.3 is 0 Å². The molecule has 2 N–H and O–H groups in total. The van der Waals surface area contributed by atoms with Crippen LogP contribution in [0.1, 0.15) is 24.5 Å². The number of hydrogen-bond acceptors (Lipinski definition) is 5. The van der Waals surface area contributed by atoms with Crippen molar-refractivity contribution in [2.45, 2.75) is 19.5 Å². The van der Waals surface area contributed by atoms with Gasteiger partial charge in [-0.25, -0.2) is 9.97 Å². The van der Waals surface area contributed by atoms with E-state index in [9.17, 15) is 0 Å². The van der Waals surface area contributed by atoms with Crippen LogP contribution < -0.4 is 5.32 Å². The summed E-state index contributed by atoms with van der Waals surface area (Å²) in [5.41, 5.74) is 2.89. The first-order valence-corrected chi connectivity index (χ1v) is 5.26. The van der Waals surface area contributed by atoms with Crippen molar-refractivity contribution in [3.8, 4) is 0 Å². The van der Waals surface area contributed by atoms with Gasteiger partial charge in [-0.1, -0.05) is 0 Å². The molecule has 2 aromatic rings. The molecule has 74 valence electrons. The lowest BCUT2D eigenvalue weighted by Crippen LogP contribution is -2.19. The number of aromatic nitrogens is 4. The molecule has 0 aliphatic heterocycles. The van der Waals surface area contributed by atoms with Crippen molar-refractivity contribution in [2.24, 2.45) is 0 Å². The Hall–Kier alpha value is -1.27. The van der Waals surface area contributed by atoms with Gasteiger partial charge in [-0.2, -0.15) is 5.10 Å². The fraction of sp³-hybridized carbons (Fsp3) is 0.375. The van der Waals surface area contributed by atoms with E-state index in [2.05, 4.69) is 25.5 Å². The summed E-state index contributed by atoms with van der Waals surface area (Å²) in [5.74, 6) is 0.847. The Labute approximate surface area is 85.6 Å². The van der Waals surface area contributed by atoms with Gasteiger partial charge in [-0.3, -0.25) is 5.10 Å². The Balaban J connectivity index is 1.87. The first-order valence-electron chi connectivity index (χ1n) is 4.32. The fourth-order valence-corrected chi connectivity index (χ4v) is 1.66. The average molecular weight is 209 g/mol. The molecular formula is C8H11N5S. The van der Waals surface area contributed by atoms with Crippen LogP contribution in [0.15, 0.2) is 17.2 Å². The summed E-state index contributed by atoms with van der Waals surface area (Å²) >= 11 is 1.60. The molecular weight excluding hydrogens is 198 g/mol. The lowest BCUT2D eigenvalue weighted by atomic mass is 10.3. The van der Waals surface area contributed by atoms with Gasteiger partial charge in [-0.05, 0) is 6.92 Å². The molecule has 0 saturated heterocycles. The Morgan fingerprint density at radius 1 is 1.57 bits per heavy atom. The molecule has 1 atom stereocenters. The predicted molar refractivity (Wildman–Crippen MR) is 53.8 cm³/mol. The zero-order chi connectivity index (χ0) is 9.80. The summed E-state index contributed by atoms with van der Waals surface area (Å²) < 4.78 is 0. The highest BCUT2D eigenvalue weighted by atomic mass is 32.1. The highest BCUT2D eigenvalue weighted by Crippen LogP contribution is 2.06. The van der Waals surface area contributed by atoms with Gasteiger partial charge in [0.2, 0.25) is 0 Å². The summed E-state index contributed by atoms with van der Waals surface area (Å²) in [6.45, 7) is 2.79. The molecule has 1 unspecified atom stereocenters. The van der Waals surface area contributed by atoms with Crippen molar-refractivity contribution in [3.63, 3.8) is 0 Å². The Kier molecular flexibility index (Phi) is 2.85. The summed E-state index contributed by atoms with van der Waals surface area (Å²) in [5, 5.41) is 11.9. The van der Waals surface area contributed by atoms with Crippen LogP contribution in [0.3, 0.4) is 0 Å². The SMILES string of the molecule is CC(NCc1cscn1)c1ncn[nH]1. The van der Waals surface area contributed by atoms with Crippen LogP contribution in [0.25, 0.3) is 0 Å². The van der Waals surface area contributed by atoms with Crippen LogP contribution in [-0.2, 0) is 6.54 Å². The molecule has 0 bridgehead atoms. The second kappa shape index (κ2) is 4.30. The lowest BCUT2D eigenvalue weighted by Gasteiger charge is -2.08. The van der Waals surface area contributed by atoms with E-state index in [1.54, 1.807) is 11.3 Å². The summed E-state index contributed by atoms with van der Waals surface area (Å²) in [6, 6.07) is 0.166. The van der Waals surface area contributed by atoms with Gasteiger partial charge in [-0.15, -0.1) is 11.3 Å². The maximum Gasteiger partial charge on any atom is 0.141 e. The third kappa shape index (κ3) is 2.15. The topological polar surface area (TPSA) is 66.5 Å². The molecule has 2 heterocycles. The number of nitrogens with zero attached hydrogens (tertiary/aromatic N) is 3. The van der Waals surface area contributed by atoms with Gasteiger partial charge in [0.05, 0.1) is 17.2 Å². The van der Waals surface area contributed by atoms with Crippen molar-refractivity contribution in [1.29, 1.82) is 0 Å². The Bertz CT molecular complexity index is 355. The van der Waals surface area contributed by atoms with E-state index in [0.717, 1.165) is 18.1 Å². The van der Waals surface area contributed by atoms with E-state index in [4.69, 9.17) is 0 Å². The third-order valence-electron chi connectivity index (χ3n) is 1.92. The number of aromatic amines is 1. The van der Waals surface area contributed by atoms with E-state index in [1.165, 1.54) is 6.33 Å². The molecule has 0 fully saturated rings. The molecule has 0 aliphatic rings. The van der Waals surface area contributed by atoms with Gasteiger partial charge < -0.3 is 5.32 Å². The van der Waals surface area contributed by atoms with E-state index < -0.39 is 0 Å². The number of thiazole rings is 1. The van der Waals surface area contributed by atoms with Crippen LogP contribution >= 0.6 is 11.3 Å². The predicted octanol–water partition coefficient (Wildman–Crippen LogP) is 1.11. The van der Waals surface area contributed by atoms with Gasteiger partial charge in [0.25, 0.3) is 0 Å². The van der Waals surface area contributed by atoms with Gasteiger partial charge in [0.1, 0.15) is 12.2 Å². The minimum absolute atomic E-state index is 0.166. The number of rotatable bonds is 4. The number of H-pyrrole nitrogens is 1. The van der Waals surface area contributed by atoms with E-state index >= 15 is 0 Å². The summed E-state index contributed by atoms with van der Waals surface area (Å²) in [6.07, 6.45) is 1.51. The van der Waals surface area contributed by atoms with Crippen LogP contribution in [0, 0.1) is 0 Å². The molecule has 6 heteroatoms. The molecule has 0 aliphatic carbocycles. The van der Waals surface area contributed by atoms with Crippen molar-refractivity contribution < 1.29 is 0 Å². The van der Waals surface area contributed by atoms with Crippen molar-refractivity contribution >= 4 is 11.3 Å². The quantitative estimate of drug-likeness (QED) is 0.791. The molecule has 2 aromatic heterocycles. The van der Waals surface area contributed by atoms with Gasteiger partial charge in [0, 0.05) is 11.9 Å². The molecule has 0 saturated carbocycles. The van der Waals surface area contributed by atoms with Crippen molar-refractivity contribution in [1.82, 2.24) is 25.5 Å². The Morgan fingerprint density at radius 3 is 3.14 bits per heavy atom. The van der Waals surface area contributed by atoms with E-state index in [1.807, 2.05) is 17.8 Å². The average Bonchev–Trinajstić information content (AvgIpc) is 2.87. The highest BCUT2D eigenvalue weighted by molar-refractivity contribution is 7.07. The summed E-state index contributed by atoms with van der Waals surface area (Å²) in [7, 11) is 0. The number of nitrogens with one attached hydrogen (secondary N) is 2. The standard InChI is InChI=1S/C8H11N5S/c1-6(8-10-4-12-13-8)9-2-7-3-14-5-11-7/h3-6,9H,2H2,1H3,(H,10,12,13). The zero-order valence-electron chi connectivity index (χ0n) is 7.77. The third-order valence-corrected chi connectivity index (χ3v) is 2.55. The minimum atomic E-state index is 0.166. The first-order chi connectivity index (χ1) is 6.86. The van der Waals surface area contributed by atoms with Crippen molar-refractivity contribution in [2.75, 3.05) is 0 Å². The number of hydrogen-bond donors (Lipinski definition) is 2. The van der Waals surface area contributed by atoms with E-state index in [0.29, 0.717) is 0 Å². The van der Waals surface area contributed by atoms with Crippen LogP contribution in [-0.4, -0.2) is 20.2 Å². The smallest absolute Gasteiger partial charge is 0.141 e. The van der Waals surface area contributed by atoms with Crippen LogP contribution in [0.4, 0.5) is 0 Å². The maximum atomic E-state index is 4.18. The molecule has 2 rings (SSSR count). The minimum Gasteiger partial charge on any atom is -0.302 e. The Morgan fingerprint density at radius 2 is 2.50 bits per heavy atom. The molecule has 0 spiro atoms. The summed E-state index contributed by atoms with van der Waals surface area (Å²) in [4.78, 5) is 8.25. The van der Waals surface area contributed by atoms with Gasteiger partial charge in [0.15, 0.2) is 0 Å².